The minimum absolute atomic E-state index is 0.102. The summed E-state index contributed by atoms with van der Waals surface area (Å²) >= 11 is 0. The lowest BCUT2D eigenvalue weighted by Gasteiger charge is -2.12. The van der Waals surface area contributed by atoms with Gasteiger partial charge in [-0.15, -0.1) is 0 Å². The fraction of sp³-hybridized carbons (Fsp3) is 0.778. The zero-order valence-electron chi connectivity index (χ0n) is 7.25. The Labute approximate surface area is 71.7 Å². The number of carbonyl (C=O) groups is 2. The number of rotatable bonds is 1. The minimum Gasteiger partial charge on any atom is -0.342 e. The zero-order valence-corrected chi connectivity index (χ0v) is 7.25. The van der Waals surface area contributed by atoms with Gasteiger partial charge in [-0.1, -0.05) is 0 Å². The summed E-state index contributed by atoms with van der Waals surface area (Å²) in [5, 5.41) is 0. The second-order valence-electron chi connectivity index (χ2n) is 4.00. The van der Waals surface area contributed by atoms with Gasteiger partial charge < -0.3 is 9.69 Å². The number of likely N-dealkylation sites (tertiary alicyclic amines) is 1. The highest BCUT2D eigenvalue weighted by Crippen LogP contribution is 2.55. The maximum Gasteiger partial charge on any atom is 0.219 e. The van der Waals surface area contributed by atoms with Gasteiger partial charge in [0.1, 0.15) is 6.29 Å². The van der Waals surface area contributed by atoms with Crippen LogP contribution in [0.4, 0.5) is 0 Å². The normalized spacial score (nSPS) is 30.8. The molecule has 3 nitrogen and oxygen atoms in total. The number of carbonyl (C=O) groups excluding carboxylic acids is 2. The molecule has 1 aliphatic heterocycles. The molecular formula is C9H13NO2. The second-order valence-corrected chi connectivity index (χ2v) is 4.00. The fourth-order valence-electron chi connectivity index (χ4n) is 2.11. The molecule has 2 fully saturated rings. The zero-order chi connectivity index (χ0) is 8.77. The third-order valence-corrected chi connectivity index (χ3v) is 3.21. The van der Waals surface area contributed by atoms with E-state index in [9.17, 15) is 9.59 Å². The van der Waals surface area contributed by atoms with Crippen LogP contribution in [0.1, 0.15) is 19.8 Å². The van der Waals surface area contributed by atoms with Crippen molar-refractivity contribution in [3.63, 3.8) is 0 Å². The van der Waals surface area contributed by atoms with E-state index in [4.69, 9.17) is 0 Å². The monoisotopic (exact) mass is 167 g/mol. The van der Waals surface area contributed by atoms with E-state index < -0.39 is 0 Å². The molecule has 0 aromatic rings. The number of amides is 1. The van der Waals surface area contributed by atoms with Crippen molar-refractivity contribution in [1.29, 1.82) is 0 Å². The predicted molar refractivity (Wildman–Crippen MR) is 43.5 cm³/mol. The summed E-state index contributed by atoms with van der Waals surface area (Å²) in [5.41, 5.74) is 0.202. The van der Waals surface area contributed by atoms with Crippen LogP contribution in [-0.4, -0.2) is 30.2 Å². The lowest BCUT2D eigenvalue weighted by Crippen LogP contribution is -2.26. The van der Waals surface area contributed by atoms with Gasteiger partial charge in [0.15, 0.2) is 0 Å². The van der Waals surface area contributed by atoms with Gasteiger partial charge in [-0.05, 0) is 18.3 Å². The number of nitrogens with zero attached hydrogens (tertiary/aromatic N) is 1. The van der Waals surface area contributed by atoms with Gasteiger partial charge in [-0.25, -0.2) is 0 Å². The van der Waals surface area contributed by atoms with E-state index in [1.807, 2.05) is 0 Å². The summed E-state index contributed by atoms with van der Waals surface area (Å²) in [7, 11) is 0. The van der Waals surface area contributed by atoms with Crippen molar-refractivity contribution in [1.82, 2.24) is 4.90 Å². The summed E-state index contributed by atoms with van der Waals surface area (Å²) in [5.74, 6) is 0.215. The molecule has 0 unspecified atom stereocenters. The molecule has 0 aromatic carbocycles. The molecule has 2 aliphatic rings. The van der Waals surface area contributed by atoms with E-state index in [-0.39, 0.29) is 17.2 Å². The SMILES string of the molecule is CC(=O)N1C[C@@H](C=O)C2(CC2)C1. The van der Waals surface area contributed by atoms with Crippen molar-refractivity contribution in [2.45, 2.75) is 19.8 Å². The Morgan fingerprint density at radius 1 is 1.58 bits per heavy atom. The van der Waals surface area contributed by atoms with Crippen LogP contribution in [0.25, 0.3) is 0 Å². The Kier molecular flexibility index (Phi) is 1.50. The molecule has 1 aliphatic carbocycles. The van der Waals surface area contributed by atoms with E-state index in [2.05, 4.69) is 0 Å². The van der Waals surface area contributed by atoms with Crippen LogP contribution in [0.2, 0.25) is 0 Å². The topological polar surface area (TPSA) is 37.4 Å². The summed E-state index contributed by atoms with van der Waals surface area (Å²) in [6.45, 7) is 3.04. The predicted octanol–water partition coefficient (Wildman–Crippen LogP) is 0.444. The van der Waals surface area contributed by atoms with Gasteiger partial charge in [-0.3, -0.25) is 4.79 Å². The van der Waals surface area contributed by atoms with E-state index in [0.717, 1.165) is 25.7 Å². The van der Waals surface area contributed by atoms with Crippen LogP contribution in [0, 0.1) is 11.3 Å². The van der Waals surface area contributed by atoms with Crippen molar-refractivity contribution in [3.8, 4) is 0 Å². The lowest BCUT2D eigenvalue weighted by atomic mass is 9.95. The van der Waals surface area contributed by atoms with Crippen LogP contribution in [0.15, 0.2) is 0 Å². The highest BCUT2D eigenvalue weighted by molar-refractivity contribution is 5.75. The van der Waals surface area contributed by atoms with Crippen molar-refractivity contribution >= 4 is 12.2 Å². The van der Waals surface area contributed by atoms with Gasteiger partial charge in [0.05, 0.1) is 0 Å². The van der Waals surface area contributed by atoms with Crippen LogP contribution in [0.3, 0.4) is 0 Å². The van der Waals surface area contributed by atoms with E-state index in [1.165, 1.54) is 0 Å². The van der Waals surface area contributed by atoms with Crippen molar-refractivity contribution in [3.05, 3.63) is 0 Å². The van der Waals surface area contributed by atoms with Gasteiger partial charge in [0.25, 0.3) is 0 Å². The smallest absolute Gasteiger partial charge is 0.219 e. The van der Waals surface area contributed by atoms with E-state index in [1.54, 1.807) is 11.8 Å². The first kappa shape index (κ1) is 7.77. The number of aldehydes is 1. The molecule has 66 valence electrons. The molecule has 0 radical (unpaired) electrons. The quantitative estimate of drug-likeness (QED) is 0.531. The largest absolute Gasteiger partial charge is 0.342 e. The van der Waals surface area contributed by atoms with Gasteiger partial charge in [0, 0.05) is 25.9 Å². The molecular weight excluding hydrogens is 154 g/mol. The average Bonchev–Trinajstić information content (AvgIpc) is 2.64. The molecule has 0 N–H and O–H groups in total. The van der Waals surface area contributed by atoms with E-state index in [0.29, 0.717) is 6.54 Å². The van der Waals surface area contributed by atoms with Gasteiger partial charge >= 0.3 is 0 Å². The molecule has 12 heavy (non-hydrogen) atoms. The van der Waals surface area contributed by atoms with E-state index >= 15 is 0 Å². The summed E-state index contributed by atoms with van der Waals surface area (Å²) in [4.78, 5) is 23.5. The molecule has 3 heteroatoms. The number of hydrogen-bond acceptors (Lipinski definition) is 2. The number of hydrogen-bond donors (Lipinski definition) is 0. The summed E-state index contributed by atoms with van der Waals surface area (Å²) < 4.78 is 0. The molecule has 0 bridgehead atoms. The summed E-state index contributed by atoms with van der Waals surface area (Å²) in [6.07, 6.45) is 3.27. The first-order valence-corrected chi connectivity index (χ1v) is 4.39. The Balaban J connectivity index is 2.11. The molecule has 1 saturated carbocycles. The van der Waals surface area contributed by atoms with Gasteiger partial charge in [0.2, 0.25) is 5.91 Å². The highest BCUT2D eigenvalue weighted by atomic mass is 16.2. The highest BCUT2D eigenvalue weighted by Gasteiger charge is 2.55. The maximum atomic E-state index is 11.0. The fourth-order valence-corrected chi connectivity index (χ4v) is 2.11. The maximum absolute atomic E-state index is 11.0. The Bertz CT molecular complexity index is 233. The molecule has 1 spiro atoms. The van der Waals surface area contributed by atoms with Gasteiger partial charge in [-0.2, -0.15) is 0 Å². The first-order valence-electron chi connectivity index (χ1n) is 4.39. The summed E-state index contributed by atoms with van der Waals surface area (Å²) in [6, 6.07) is 0. The molecule has 0 aromatic heterocycles. The second kappa shape index (κ2) is 2.31. The third kappa shape index (κ3) is 0.958. The Morgan fingerprint density at radius 2 is 2.25 bits per heavy atom. The third-order valence-electron chi connectivity index (χ3n) is 3.21. The standard InChI is InChI=1S/C9H13NO2/c1-7(12)10-4-8(5-11)9(6-10)2-3-9/h5,8H,2-4,6H2,1H3/t8-/m0/s1. The molecule has 2 rings (SSSR count). The Morgan fingerprint density at radius 3 is 2.58 bits per heavy atom. The van der Waals surface area contributed by atoms with Crippen LogP contribution in [0.5, 0.6) is 0 Å². The Hall–Kier alpha value is -0.860. The van der Waals surface area contributed by atoms with Crippen LogP contribution >= 0.6 is 0 Å². The lowest BCUT2D eigenvalue weighted by molar-refractivity contribution is -0.128. The average molecular weight is 167 g/mol. The van der Waals surface area contributed by atoms with Crippen molar-refractivity contribution in [2.75, 3.05) is 13.1 Å². The first-order chi connectivity index (χ1) is 5.68. The van der Waals surface area contributed by atoms with Crippen LogP contribution < -0.4 is 0 Å². The minimum atomic E-state index is 0.102. The van der Waals surface area contributed by atoms with Crippen LogP contribution in [-0.2, 0) is 9.59 Å². The van der Waals surface area contributed by atoms with Crippen molar-refractivity contribution in [2.24, 2.45) is 11.3 Å². The molecule has 1 heterocycles. The molecule has 1 amide bonds. The molecule has 1 atom stereocenters. The van der Waals surface area contributed by atoms with Crippen molar-refractivity contribution < 1.29 is 9.59 Å². The molecule has 1 saturated heterocycles.